The molecule has 0 aromatic carbocycles. The molecule has 108 valence electrons. The smallest absolute Gasteiger partial charge is 0.326 e. The highest BCUT2D eigenvalue weighted by Crippen LogP contribution is 2.32. The Morgan fingerprint density at radius 2 is 2.11 bits per heavy atom. The van der Waals surface area contributed by atoms with Crippen LogP contribution >= 0.6 is 0 Å². The van der Waals surface area contributed by atoms with Crippen molar-refractivity contribution in [3.05, 3.63) is 0 Å². The fourth-order valence-electron chi connectivity index (χ4n) is 2.64. The van der Waals surface area contributed by atoms with Crippen LogP contribution in [0.1, 0.15) is 32.6 Å². The number of hydrogen-bond acceptors (Lipinski definition) is 3. The van der Waals surface area contributed by atoms with Crippen LogP contribution in [-0.2, 0) is 4.79 Å². The van der Waals surface area contributed by atoms with Gasteiger partial charge in [0.15, 0.2) is 0 Å². The first kappa shape index (κ1) is 14.1. The highest BCUT2D eigenvalue weighted by molar-refractivity contribution is 5.83. The van der Waals surface area contributed by atoms with Gasteiger partial charge in [0.25, 0.3) is 0 Å². The van der Waals surface area contributed by atoms with E-state index in [-0.39, 0.29) is 18.0 Å². The lowest BCUT2D eigenvalue weighted by atomic mass is 10.1. The van der Waals surface area contributed by atoms with Crippen LogP contribution in [0.25, 0.3) is 0 Å². The fraction of sp³-hybridized carbons (Fsp3) is 0.846. The normalized spacial score (nSPS) is 25.6. The number of nitrogens with zero attached hydrogens (tertiary/aromatic N) is 1. The lowest BCUT2D eigenvalue weighted by molar-refractivity contribution is -0.139. The zero-order valence-electron chi connectivity index (χ0n) is 11.4. The van der Waals surface area contributed by atoms with Crippen LogP contribution in [0.15, 0.2) is 0 Å². The van der Waals surface area contributed by atoms with E-state index in [9.17, 15) is 9.59 Å². The average Bonchev–Trinajstić information content (AvgIpc) is 3.20. The monoisotopic (exact) mass is 269 g/mol. The number of rotatable bonds is 5. The Labute approximate surface area is 113 Å². The fourth-order valence-corrected chi connectivity index (χ4v) is 2.64. The molecule has 2 atom stereocenters. The topological polar surface area (TPSA) is 81.7 Å². The van der Waals surface area contributed by atoms with Gasteiger partial charge in [-0.2, -0.15) is 0 Å². The van der Waals surface area contributed by atoms with Gasteiger partial charge in [0, 0.05) is 12.6 Å². The molecule has 1 heterocycles. The summed E-state index contributed by atoms with van der Waals surface area (Å²) in [5, 5.41) is 14.6. The van der Waals surface area contributed by atoms with E-state index < -0.39 is 12.0 Å². The van der Waals surface area contributed by atoms with Crippen LogP contribution in [0.3, 0.4) is 0 Å². The highest BCUT2D eigenvalue weighted by atomic mass is 16.4. The minimum Gasteiger partial charge on any atom is -0.480 e. The molecule has 0 aromatic heterocycles. The van der Waals surface area contributed by atoms with Crippen LogP contribution in [0, 0.1) is 5.92 Å². The van der Waals surface area contributed by atoms with Gasteiger partial charge in [0.2, 0.25) is 0 Å². The van der Waals surface area contributed by atoms with E-state index >= 15 is 0 Å². The molecule has 6 heteroatoms. The van der Waals surface area contributed by atoms with E-state index in [1.807, 2.05) is 0 Å². The Morgan fingerprint density at radius 1 is 1.37 bits per heavy atom. The quantitative estimate of drug-likeness (QED) is 0.684. The molecule has 1 aliphatic heterocycles. The van der Waals surface area contributed by atoms with Crippen LogP contribution in [0.5, 0.6) is 0 Å². The molecule has 0 spiro atoms. The van der Waals surface area contributed by atoms with Gasteiger partial charge in [-0.3, -0.25) is 0 Å². The molecule has 2 rings (SSSR count). The molecule has 1 saturated heterocycles. The van der Waals surface area contributed by atoms with Crippen LogP contribution in [0.4, 0.5) is 4.79 Å². The lowest BCUT2D eigenvalue weighted by Crippen LogP contribution is -2.53. The van der Waals surface area contributed by atoms with Gasteiger partial charge in [-0.1, -0.05) is 6.92 Å². The van der Waals surface area contributed by atoms with Crippen molar-refractivity contribution in [2.75, 3.05) is 19.6 Å². The number of carbonyl (C=O) groups is 2. The molecule has 3 N–H and O–H groups in total. The maximum absolute atomic E-state index is 11.8. The number of aliphatic carboxylic acids is 1. The van der Waals surface area contributed by atoms with Gasteiger partial charge in [0.05, 0.1) is 0 Å². The predicted molar refractivity (Wildman–Crippen MR) is 71.0 cm³/mol. The summed E-state index contributed by atoms with van der Waals surface area (Å²) < 4.78 is 0. The molecule has 2 fully saturated rings. The second-order valence-electron chi connectivity index (χ2n) is 5.50. The van der Waals surface area contributed by atoms with E-state index in [1.54, 1.807) is 0 Å². The summed E-state index contributed by atoms with van der Waals surface area (Å²) in [6.45, 7) is 5.02. The third-order valence-electron chi connectivity index (χ3n) is 3.93. The maximum atomic E-state index is 11.8. The zero-order chi connectivity index (χ0) is 13.8. The van der Waals surface area contributed by atoms with Gasteiger partial charge < -0.3 is 20.6 Å². The standard InChI is InChI=1S/C13H23N3O3/c1-2-16-7-3-4-10(8-16)14-13(19)15-11(12(17)18)9-5-6-9/h9-11H,2-8H2,1H3,(H,17,18)(H2,14,15,19). The van der Waals surface area contributed by atoms with Crippen molar-refractivity contribution >= 4 is 12.0 Å². The summed E-state index contributed by atoms with van der Waals surface area (Å²) in [6.07, 6.45) is 3.82. The SMILES string of the molecule is CCN1CCCC(NC(=O)NC(C(=O)O)C2CC2)C1. The third kappa shape index (κ3) is 4.09. The first-order valence-corrected chi connectivity index (χ1v) is 7.12. The minimum absolute atomic E-state index is 0.113. The van der Waals surface area contributed by atoms with Gasteiger partial charge in [-0.05, 0) is 44.7 Å². The molecule has 0 aromatic rings. The van der Waals surface area contributed by atoms with E-state index in [4.69, 9.17) is 5.11 Å². The summed E-state index contributed by atoms with van der Waals surface area (Å²) in [7, 11) is 0. The molecule has 2 unspecified atom stereocenters. The number of carboxylic acid groups (broad SMARTS) is 1. The Hall–Kier alpha value is -1.30. The number of likely N-dealkylation sites (N-methyl/N-ethyl adjacent to an activating group) is 1. The van der Waals surface area contributed by atoms with Crippen molar-refractivity contribution < 1.29 is 14.7 Å². The third-order valence-corrected chi connectivity index (χ3v) is 3.93. The molecule has 2 amide bonds. The van der Waals surface area contributed by atoms with Crippen molar-refractivity contribution in [3.63, 3.8) is 0 Å². The minimum atomic E-state index is -0.934. The molecule has 1 aliphatic carbocycles. The van der Waals surface area contributed by atoms with E-state index in [1.165, 1.54) is 0 Å². The number of urea groups is 1. The molecular weight excluding hydrogens is 246 g/mol. The zero-order valence-corrected chi connectivity index (χ0v) is 11.4. The number of carbonyl (C=O) groups excluding carboxylic acids is 1. The summed E-state index contributed by atoms with van der Waals surface area (Å²) in [4.78, 5) is 25.2. The maximum Gasteiger partial charge on any atom is 0.326 e. The van der Waals surface area contributed by atoms with Crippen LogP contribution < -0.4 is 10.6 Å². The van der Waals surface area contributed by atoms with Gasteiger partial charge in [0.1, 0.15) is 6.04 Å². The lowest BCUT2D eigenvalue weighted by Gasteiger charge is -2.32. The van der Waals surface area contributed by atoms with Crippen molar-refractivity contribution in [2.24, 2.45) is 5.92 Å². The molecule has 0 bridgehead atoms. The molecular formula is C13H23N3O3. The van der Waals surface area contributed by atoms with Crippen LogP contribution in [0.2, 0.25) is 0 Å². The number of likely N-dealkylation sites (tertiary alicyclic amines) is 1. The van der Waals surface area contributed by atoms with Gasteiger partial charge in [-0.15, -0.1) is 0 Å². The summed E-state index contributed by atoms with van der Waals surface area (Å²) in [6, 6.07) is -0.949. The van der Waals surface area contributed by atoms with Gasteiger partial charge in [-0.25, -0.2) is 9.59 Å². The number of nitrogens with one attached hydrogen (secondary N) is 2. The van der Waals surface area contributed by atoms with Crippen molar-refractivity contribution in [1.82, 2.24) is 15.5 Å². The number of carboxylic acids is 1. The first-order valence-electron chi connectivity index (χ1n) is 7.12. The summed E-state index contributed by atoms with van der Waals surface area (Å²) in [5.41, 5.74) is 0. The Morgan fingerprint density at radius 3 is 2.68 bits per heavy atom. The number of hydrogen-bond donors (Lipinski definition) is 3. The van der Waals surface area contributed by atoms with E-state index in [0.717, 1.165) is 45.3 Å². The second-order valence-corrected chi connectivity index (χ2v) is 5.50. The van der Waals surface area contributed by atoms with Crippen molar-refractivity contribution in [3.8, 4) is 0 Å². The highest BCUT2D eigenvalue weighted by Gasteiger charge is 2.37. The first-order chi connectivity index (χ1) is 9.10. The summed E-state index contributed by atoms with van der Waals surface area (Å²) in [5.74, 6) is -0.821. The average molecular weight is 269 g/mol. The molecule has 19 heavy (non-hydrogen) atoms. The Balaban J connectivity index is 1.78. The van der Waals surface area contributed by atoms with Crippen LogP contribution in [-0.4, -0.2) is 53.7 Å². The largest absolute Gasteiger partial charge is 0.480 e. The van der Waals surface area contributed by atoms with E-state index in [2.05, 4.69) is 22.5 Å². The molecule has 1 saturated carbocycles. The van der Waals surface area contributed by atoms with Crippen molar-refractivity contribution in [2.45, 2.75) is 44.7 Å². The Kier molecular flexibility index (Phi) is 4.63. The number of amides is 2. The number of piperidine rings is 1. The molecule has 2 aliphatic rings. The van der Waals surface area contributed by atoms with Crippen molar-refractivity contribution in [1.29, 1.82) is 0 Å². The summed E-state index contributed by atoms with van der Waals surface area (Å²) >= 11 is 0. The Bertz CT molecular complexity index is 344. The predicted octanol–water partition coefficient (Wildman–Crippen LogP) is 0.633. The van der Waals surface area contributed by atoms with Gasteiger partial charge >= 0.3 is 12.0 Å². The second kappa shape index (κ2) is 6.23. The van der Waals surface area contributed by atoms with E-state index in [0.29, 0.717) is 0 Å². The molecule has 6 nitrogen and oxygen atoms in total. The molecule has 0 radical (unpaired) electrons.